The maximum Gasteiger partial charge on any atom is 0.317 e. The van der Waals surface area contributed by atoms with Crippen molar-refractivity contribution in [2.75, 3.05) is 13.1 Å². The molecule has 3 heteroatoms. The van der Waals surface area contributed by atoms with Crippen LogP contribution < -0.4 is 5.32 Å². The molecule has 0 saturated carbocycles. The second-order valence-electron chi connectivity index (χ2n) is 6.75. The van der Waals surface area contributed by atoms with Crippen LogP contribution in [0, 0.1) is 5.41 Å². The van der Waals surface area contributed by atoms with Gasteiger partial charge in [-0.05, 0) is 38.5 Å². The van der Waals surface area contributed by atoms with E-state index in [9.17, 15) is 4.79 Å². The highest BCUT2D eigenvalue weighted by atomic mass is 16.2. The molecule has 2 amide bonds. The van der Waals surface area contributed by atoms with Gasteiger partial charge in [0.1, 0.15) is 0 Å². The lowest BCUT2D eigenvalue weighted by Gasteiger charge is -2.34. The molecule has 0 spiro atoms. The van der Waals surface area contributed by atoms with E-state index in [0.29, 0.717) is 0 Å². The largest absolute Gasteiger partial charge is 0.333 e. The summed E-state index contributed by atoms with van der Waals surface area (Å²) in [4.78, 5) is 13.9. The van der Waals surface area contributed by atoms with Gasteiger partial charge in [-0.3, -0.25) is 0 Å². The summed E-state index contributed by atoms with van der Waals surface area (Å²) >= 11 is 0. The normalized spacial score (nSPS) is 17.7. The Balaban J connectivity index is 2.48. The minimum Gasteiger partial charge on any atom is -0.333 e. The molecule has 0 radical (unpaired) electrons. The molecule has 0 bridgehead atoms. The van der Waals surface area contributed by atoms with E-state index in [1.807, 2.05) is 4.90 Å². The van der Waals surface area contributed by atoms with Crippen molar-refractivity contribution in [1.82, 2.24) is 10.2 Å². The third-order valence-electron chi connectivity index (χ3n) is 2.81. The Kier molecular flexibility index (Phi) is 3.87. The smallest absolute Gasteiger partial charge is 0.317 e. The monoisotopic (exact) mass is 226 g/mol. The Morgan fingerprint density at radius 2 is 1.62 bits per heavy atom. The summed E-state index contributed by atoms with van der Waals surface area (Å²) in [7, 11) is 0. The lowest BCUT2D eigenvalue weighted by atomic mass is 9.82. The van der Waals surface area contributed by atoms with Crippen LogP contribution in [0.5, 0.6) is 0 Å². The Labute approximate surface area is 99.6 Å². The summed E-state index contributed by atoms with van der Waals surface area (Å²) in [6.07, 6.45) is 3.28. The van der Waals surface area contributed by atoms with Gasteiger partial charge in [0.2, 0.25) is 0 Å². The third kappa shape index (κ3) is 4.42. The molecule has 16 heavy (non-hydrogen) atoms. The van der Waals surface area contributed by atoms with E-state index in [1.54, 1.807) is 0 Å². The molecule has 1 fully saturated rings. The van der Waals surface area contributed by atoms with E-state index in [4.69, 9.17) is 0 Å². The summed E-state index contributed by atoms with van der Waals surface area (Å²) in [6, 6.07) is 0.103. The molecular formula is C13H26N2O. The van der Waals surface area contributed by atoms with E-state index in [0.717, 1.165) is 32.4 Å². The first-order valence-electron chi connectivity index (χ1n) is 6.27. The van der Waals surface area contributed by atoms with Gasteiger partial charge >= 0.3 is 6.03 Å². The molecule has 0 aromatic heterocycles. The third-order valence-corrected chi connectivity index (χ3v) is 2.81. The zero-order valence-electron chi connectivity index (χ0n) is 11.4. The highest BCUT2D eigenvalue weighted by molar-refractivity contribution is 5.75. The van der Waals surface area contributed by atoms with Gasteiger partial charge in [-0.1, -0.05) is 20.8 Å². The van der Waals surface area contributed by atoms with Crippen molar-refractivity contribution in [3.05, 3.63) is 0 Å². The lowest BCUT2D eigenvalue weighted by Crippen LogP contribution is -2.50. The second kappa shape index (κ2) is 4.64. The van der Waals surface area contributed by atoms with E-state index in [-0.39, 0.29) is 17.0 Å². The van der Waals surface area contributed by atoms with Crippen molar-refractivity contribution in [2.24, 2.45) is 5.41 Å². The fourth-order valence-corrected chi connectivity index (χ4v) is 2.66. The SMILES string of the molecule is CC(C)(C)CC(C)(C)NC(=O)N1CCCC1. The number of carbonyl (C=O) groups excluding carboxylic acids is 1. The molecule has 94 valence electrons. The lowest BCUT2D eigenvalue weighted by molar-refractivity contribution is 0.183. The number of nitrogens with one attached hydrogen (secondary N) is 1. The molecule has 3 nitrogen and oxygen atoms in total. The van der Waals surface area contributed by atoms with Crippen LogP contribution in [0.3, 0.4) is 0 Å². The van der Waals surface area contributed by atoms with Crippen LogP contribution in [-0.2, 0) is 0 Å². The van der Waals surface area contributed by atoms with Crippen LogP contribution >= 0.6 is 0 Å². The maximum absolute atomic E-state index is 12.0. The minimum absolute atomic E-state index is 0.103. The number of amides is 2. The molecular weight excluding hydrogens is 200 g/mol. The second-order valence-corrected chi connectivity index (χ2v) is 6.75. The van der Waals surface area contributed by atoms with Crippen LogP contribution in [0.25, 0.3) is 0 Å². The molecule has 1 rings (SSSR count). The predicted molar refractivity (Wildman–Crippen MR) is 67.5 cm³/mol. The molecule has 1 N–H and O–H groups in total. The number of carbonyl (C=O) groups is 1. The van der Waals surface area contributed by atoms with Crippen molar-refractivity contribution < 1.29 is 4.79 Å². The Morgan fingerprint density at radius 1 is 1.12 bits per heavy atom. The van der Waals surface area contributed by atoms with Crippen LogP contribution in [0.4, 0.5) is 4.79 Å². The van der Waals surface area contributed by atoms with Gasteiger partial charge in [0.15, 0.2) is 0 Å². The van der Waals surface area contributed by atoms with Crippen LogP contribution in [0.1, 0.15) is 53.9 Å². The van der Waals surface area contributed by atoms with Crippen LogP contribution in [-0.4, -0.2) is 29.6 Å². The minimum atomic E-state index is -0.127. The van der Waals surface area contributed by atoms with Gasteiger partial charge < -0.3 is 10.2 Å². The highest BCUT2D eigenvalue weighted by Crippen LogP contribution is 2.27. The summed E-state index contributed by atoms with van der Waals surface area (Å²) in [6.45, 7) is 12.7. The topological polar surface area (TPSA) is 32.3 Å². The van der Waals surface area contributed by atoms with Crippen molar-refractivity contribution in [3.63, 3.8) is 0 Å². The number of hydrogen-bond acceptors (Lipinski definition) is 1. The molecule has 0 atom stereocenters. The van der Waals surface area contributed by atoms with E-state index >= 15 is 0 Å². The Hall–Kier alpha value is -0.730. The Morgan fingerprint density at radius 3 is 2.06 bits per heavy atom. The van der Waals surface area contributed by atoms with E-state index in [1.165, 1.54) is 0 Å². The molecule has 0 aliphatic carbocycles. The maximum atomic E-state index is 12.0. The van der Waals surface area contributed by atoms with E-state index in [2.05, 4.69) is 39.9 Å². The molecule has 1 aliphatic rings. The summed E-state index contributed by atoms with van der Waals surface area (Å²) in [5.41, 5.74) is 0.111. The van der Waals surface area contributed by atoms with Gasteiger partial charge in [-0.2, -0.15) is 0 Å². The van der Waals surface area contributed by atoms with Gasteiger partial charge in [-0.25, -0.2) is 4.79 Å². The fourth-order valence-electron chi connectivity index (χ4n) is 2.66. The quantitative estimate of drug-likeness (QED) is 0.771. The number of urea groups is 1. The first-order chi connectivity index (χ1) is 7.20. The molecule has 1 heterocycles. The first-order valence-corrected chi connectivity index (χ1v) is 6.27. The summed E-state index contributed by atoms with van der Waals surface area (Å²) in [5, 5.41) is 3.14. The average molecular weight is 226 g/mol. The van der Waals surface area contributed by atoms with Crippen LogP contribution in [0.2, 0.25) is 0 Å². The summed E-state index contributed by atoms with van der Waals surface area (Å²) < 4.78 is 0. The van der Waals surface area contributed by atoms with Crippen molar-refractivity contribution in [3.8, 4) is 0 Å². The van der Waals surface area contributed by atoms with Gasteiger partial charge in [0.25, 0.3) is 0 Å². The average Bonchev–Trinajstić information content (AvgIpc) is 2.48. The Bertz CT molecular complexity index is 247. The fraction of sp³-hybridized carbons (Fsp3) is 0.923. The first kappa shape index (κ1) is 13.3. The van der Waals surface area contributed by atoms with Gasteiger partial charge in [-0.15, -0.1) is 0 Å². The highest BCUT2D eigenvalue weighted by Gasteiger charge is 2.29. The number of hydrogen-bond donors (Lipinski definition) is 1. The molecule has 1 saturated heterocycles. The molecule has 1 aliphatic heterocycles. The van der Waals surface area contributed by atoms with E-state index < -0.39 is 0 Å². The molecule has 0 aromatic rings. The number of likely N-dealkylation sites (tertiary alicyclic amines) is 1. The van der Waals surface area contributed by atoms with Crippen LogP contribution in [0.15, 0.2) is 0 Å². The molecule has 0 aromatic carbocycles. The number of rotatable bonds is 2. The zero-order chi connectivity index (χ0) is 12.4. The summed E-state index contributed by atoms with van der Waals surface area (Å²) in [5.74, 6) is 0. The van der Waals surface area contributed by atoms with Gasteiger partial charge in [0.05, 0.1) is 0 Å². The number of nitrogens with zero attached hydrogens (tertiary/aromatic N) is 1. The standard InChI is InChI=1S/C13H26N2O/c1-12(2,3)10-13(4,5)14-11(16)15-8-6-7-9-15/h6-10H2,1-5H3,(H,14,16). The van der Waals surface area contributed by atoms with Crippen molar-refractivity contribution in [1.29, 1.82) is 0 Å². The van der Waals surface area contributed by atoms with Gasteiger partial charge in [0, 0.05) is 18.6 Å². The van der Waals surface area contributed by atoms with Crippen molar-refractivity contribution in [2.45, 2.75) is 59.4 Å². The van der Waals surface area contributed by atoms with Crippen molar-refractivity contribution >= 4 is 6.03 Å². The predicted octanol–water partition coefficient (Wildman–Crippen LogP) is 3.01. The zero-order valence-corrected chi connectivity index (χ0v) is 11.4. The molecule has 0 unspecified atom stereocenters.